The van der Waals surface area contributed by atoms with Crippen LogP contribution in [-0.4, -0.2) is 13.1 Å². The Balaban J connectivity index is 2.62. The highest BCUT2D eigenvalue weighted by atomic mass is 19.4. The Bertz CT molecular complexity index is 410. The quantitative estimate of drug-likeness (QED) is 0.719. The van der Waals surface area contributed by atoms with Gasteiger partial charge in [-0.25, -0.2) is 0 Å². The Kier molecular flexibility index (Phi) is 6.06. The highest BCUT2D eigenvalue weighted by Gasteiger charge is 2.30. The van der Waals surface area contributed by atoms with Gasteiger partial charge in [-0.05, 0) is 49.4 Å². The third kappa shape index (κ3) is 5.95. The number of nitrogens with one attached hydrogen (secondary N) is 1. The highest BCUT2D eigenvalue weighted by molar-refractivity contribution is 5.26. The van der Waals surface area contributed by atoms with E-state index in [1.54, 1.807) is 6.07 Å². The first-order valence-electron chi connectivity index (χ1n) is 7.11. The van der Waals surface area contributed by atoms with Gasteiger partial charge in [-0.3, -0.25) is 0 Å². The average molecular weight is 287 g/mol. The molecule has 1 rings (SSSR count). The van der Waals surface area contributed by atoms with Crippen molar-refractivity contribution in [2.45, 2.75) is 46.2 Å². The van der Waals surface area contributed by atoms with Crippen LogP contribution in [-0.2, 0) is 12.6 Å². The van der Waals surface area contributed by atoms with Crippen LogP contribution in [0.1, 0.15) is 44.7 Å². The number of alkyl halides is 3. The lowest BCUT2D eigenvalue weighted by atomic mass is 9.82. The predicted molar refractivity (Wildman–Crippen MR) is 76.7 cm³/mol. The first-order valence-corrected chi connectivity index (χ1v) is 7.11. The molecule has 0 fully saturated rings. The van der Waals surface area contributed by atoms with Gasteiger partial charge in [-0.15, -0.1) is 0 Å². The molecule has 0 amide bonds. The van der Waals surface area contributed by atoms with Crippen molar-refractivity contribution >= 4 is 0 Å². The molecule has 0 saturated heterocycles. The Morgan fingerprint density at radius 1 is 1.10 bits per heavy atom. The maximum Gasteiger partial charge on any atom is 0.416 e. The molecule has 114 valence electrons. The van der Waals surface area contributed by atoms with Gasteiger partial charge < -0.3 is 5.32 Å². The minimum atomic E-state index is -4.26. The molecule has 0 unspecified atom stereocenters. The van der Waals surface area contributed by atoms with Crippen LogP contribution in [0.2, 0.25) is 0 Å². The summed E-state index contributed by atoms with van der Waals surface area (Å²) in [7, 11) is 0. The molecule has 0 aliphatic carbocycles. The fourth-order valence-electron chi connectivity index (χ4n) is 2.23. The van der Waals surface area contributed by atoms with Gasteiger partial charge in [0.25, 0.3) is 0 Å². The zero-order valence-corrected chi connectivity index (χ0v) is 12.5. The number of hydrogen-bond acceptors (Lipinski definition) is 1. The number of rotatable bonds is 7. The smallest absolute Gasteiger partial charge is 0.317 e. The molecule has 0 spiro atoms. The SMILES string of the molecule is CCCNCCC(C)(C)Cc1cccc(C(F)(F)F)c1. The van der Waals surface area contributed by atoms with Crippen molar-refractivity contribution in [3.63, 3.8) is 0 Å². The molecule has 0 aliphatic heterocycles. The van der Waals surface area contributed by atoms with E-state index in [9.17, 15) is 13.2 Å². The maximum absolute atomic E-state index is 12.7. The van der Waals surface area contributed by atoms with Crippen molar-refractivity contribution in [1.82, 2.24) is 5.32 Å². The van der Waals surface area contributed by atoms with Crippen LogP contribution in [0.25, 0.3) is 0 Å². The molecular formula is C16H24F3N. The lowest BCUT2D eigenvalue weighted by molar-refractivity contribution is -0.137. The van der Waals surface area contributed by atoms with Crippen molar-refractivity contribution in [3.8, 4) is 0 Å². The van der Waals surface area contributed by atoms with Crippen molar-refractivity contribution in [3.05, 3.63) is 35.4 Å². The van der Waals surface area contributed by atoms with Gasteiger partial charge in [0, 0.05) is 0 Å². The van der Waals surface area contributed by atoms with E-state index in [-0.39, 0.29) is 5.41 Å². The average Bonchev–Trinajstić information content (AvgIpc) is 2.33. The fourth-order valence-corrected chi connectivity index (χ4v) is 2.23. The van der Waals surface area contributed by atoms with E-state index in [0.29, 0.717) is 6.42 Å². The molecule has 1 N–H and O–H groups in total. The summed E-state index contributed by atoms with van der Waals surface area (Å²) >= 11 is 0. The molecule has 1 aromatic rings. The van der Waals surface area contributed by atoms with Gasteiger partial charge >= 0.3 is 6.18 Å². The van der Waals surface area contributed by atoms with E-state index in [0.717, 1.165) is 37.6 Å². The van der Waals surface area contributed by atoms with Crippen LogP contribution >= 0.6 is 0 Å². The first kappa shape index (κ1) is 17.0. The van der Waals surface area contributed by atoms with Gasteiger partial charge in [0.15, 0.2) is 0 Å². The lowest BCUT2D eigenvalue weighted by Crippen LogP contribution is -2.24. The summed E-state index contributed by atoms with van der Waals surface area (Å²) in [5, 5.41) is 3.33. The minimum Gasteiger partial charge on any atom is -0.317 e. The molecule has 0 bridgehead atoms. The van der Waals surface area contributed by atoms with Gasteiger partial charge in [0.1, 0.15) is 0 Å². The second-order valence-electron chi connectivity index (χ2n) is 6.04. The van der Waals surface area contributed by atoms with E-state index in [1.807, 2.05) is 0 Å². The van der Waals surface area contributed by atoms with Gasteiger partial charge in [-0.1, -0.05) is 39.0 Å². The van der Waals surface area contributed by atoms with Crippen molar-refractivity contribution in [2.75, 3.05) is 13.1 Å². The molecule has 1 nitrogen and oxygen atoms in total. The number of halogens is 3. The summed E-state index contributed by atoms with van der Waals surface area (Å²) in [5.41, 5.74) is 0.181. The van der Waals surface area contributed by atoms with Crippen LogP contribution in [0.3, 0.4) is 0 Å². The van der Waals surface area contributed by atoms with Crippen molar-refractivity contribution < 1.29 is 13.2 Å². The third-order valence-electron chi connectivity index (χ3n) is 3.34. The summed E-state index contributed by atoms with van der Waals surface area (Å²) in [4.78, 5) is 0. The largest absolute Gasteiger partial charge is 0.416 e. The Hall–Kier alpha value is -1.03. The van der Waals surface area contributed by atoms with Gasteiger partial charge in [-0.2, -0.15) is 13.2 Å². The van der Waals surface area contributed by atoms with Gasteiger partial charge in [0.2, 0.25) is 0 Å². The van der Waals surface area contributed by atoms with E-state index < -0.39 is 11.7 Å². The maximum atomic E-state index is 12.7. The minimum absolute atomic E-state index is 0.00896. The zero-order chi connectivity index (χ0) is 15.2. The molecule has 0 heterocycles. The molecule has 0 aliphatic rings. The van der Waals surface area contributed by atoms with Crippen molar-refractivity contribution in [2.24, 2.45) is 5.41 Å². The Labute approximate surface area is 119 Å². The van der Waals surface area contributed by atoms with Crippen LogP contribution in [0.15, 0.2) is 24.3 Å². The molecule has 4 heteroatoms. The summed E-state index contributed by atoms with van der Waals surface area (Å²) in [6.45, 7) is 8.20. The fraction of sp³-hybridized carbons (Fsp3) is 0.625. The predicted octanol–water partition coefficient (Wildman–Crippen LogP) is 4.66. The van der Waals surface area contributed by atoms with E-state index in [4.69, 9.17) is 0 Å². The Morgan fingerprint density at radius 3 is 2.40 bits per heavy atom. The van der Waals surface area contributed by atoms with Gasteiger partial charge in [0.05, 0.1) is 5.56 Å². The summed E-state index contributed by atoms with van der Waals surface area (Å²) in [6, 6.07) is 5.65. The van der Waals surface area contributed by atoms with Crippen molar-refractivity contribution in [1.29, 1.82) is 0 Å². The topological polar surface area (TPSA) is 12.0 Å². The van der Waals surface area contributed by atoms with Crippen LogP contribution in [0, 0.1) is 5.41 Å². The summed E-state index contributed by atoms with van der Waals surface area (Å²) < 4.78 is 38.0. The van der Waals surface area contributed by atoms with Crippen LogP contribution in [0.5, 0.6) is 0 Å². The monoisotopic (exact) mass is 287 g/mol. The molecule has 0 radical (unpaired) electrons. The van der Waals surface area contributed by atoms with Crippen LogP contribution < -0.4 is 5.32 Å². The second kappa shape index (κ2) is 7.11. The van der Waals surface area contributed by atoms with E-state index in [2.05, 4.69) is 26.1 Å². The molecular weight excluding hydrogens is 263 g/mol. The third-order valence-corrected chi connectivity index (χ3v) is 3.34. The van der Waals surface area contributed by atoms with E-state index in [1.165, 1.54) is 12.1 Å². The molecule has 0 aromatic heterocycles. The number of hydrogen-bond donors (Lipinski definition) is 1. The summed E-state index contributed by atoms with van der Waals surface area (Å²) in [6.07, 6.45) is -1.56. The summed E-state index contributed by atoms with van der Waals surface area (Å²) in [5.74, 6) is 0. The normalized spacial score (nSPS) is 12.7. The molecule has 0 atom stereocenters. The highest BCUT2D eigenvalue weighted by Crippen LogP contribution is 2.32. The van der Waals surface area contributed by atoms with Crippen LogP contribution in [0.4, 0.5) is 13.2 Å². The standard InChI is InChI=1S/C16H24F3N/c1-4-9-20-10-8-15(2,3)12-13-6-5-7-14(11-13)16(17,18)19/h5-7,11,20H,4,8-10,12H2,1-3H3. The lowest BCUT2D eigenvalue weighted by Gasteiger charge is -2.25. The Morgan fingerprint density at radius 2 is 1.80 bits per heavy atom. The second-order valence-corrected chi connectivity index (χ2v) is 6.04. The molecule has 1 aromatic carbocycles. The zero-order valence-electron chi connectivity index (χ0n) is 12.5. The first-order chi connectivity index (χ1) is 9.24. The van der Waals surface area contributed by atoms with E-state index >= 15 is 0 Å². The number of benzene rings is 1. The molecule has 0 saturated carbocycles. The molecule has 20 heavy (non-hydrogen) atoms.